The summed E-state index contributed by atoms with van der Waals surface area (Å²) in [6, 6.07) is 0. The van der Waals surface area contributed by atoms with Crippen molar-refractivity contribution < 1.29 is 4.79 Å². The van der Waals surface area contributed by atoms with Crippen LogP contribution in [0.2, 0.25) is 0 Å². The van der Waals surface area contributed by atoms with Gasteiger partial charge in [0.05, 0.1) is 10.5 Å². The van der Waals surface area contributed by atoms with Crippen LogP contribution in [0.1, 0.15) is 71.1 Å². The number of hydrogen-bond acceptors (Lipinski definition) is 2. The van der Waals surface area contributed by atoms with Gasteiger partial charge in [-0.25, -0.2) is 0 Å². The molecule has 0 unspecified atom stereocenters. The number of rotatable bonds is 5. The molecular weight excluding hydrogens is 268 g/mol. The molecule has 20 heavy (non-hydrogen) atoms. The van der Waals surface area contributed by atoms with Crippen molar-refractivity contribution in [3.05, 3.63) is 0 Å². The number of nitrogens with one attached hydrogen (secondary N) is 1. The Morgan fingerprint density at radius 2 is 1.85 bits per heavy atom. The van der Waals surface area contributed by atoms with Gasteiger partial charge in [-0.05, 0) is 43.9 Å². The van der Waals surface area contributed by atoms with Gasteiger partial charge < -0.3 is 11.1 Å². The lowest BCUT2D eigenvalue weighted by Crippen LogP contribution is -2.58. The maximum atomic E-state index is 12.2. The van der Waals surface area contributed by atoms with Crippen molar-refractivity contribution in [3.63, 3.8) is 0 Å². The fourth-order valence-corrected chi connectivity index (χ4v) is 3.91. The minimum absolute atomic E-state index is 0.138. The zero-order chi connectivity index (χ0) is 14.6. The number of thiocarbonyl (C=S) groups is 1. The zero-order valence-electron chi connectivity index (χ0n) is 12.6. The average molecular weight is 296 g/mol. The fourth-order valence-electron chi connectivity index (χ4n) is 3.65. The fraction of sp³-hybridized carbons (Fsp3) is 0.875. The molecule has 0 spiro atoms. The van der Waals surface area contributed by atoms with Crippen LogP contribution >= 0.6 is 12.2 Å². The Bertz CT molecular complexity index is 355. The summed E-state index contributed by atoms with van der Waals surface area (Å²) in [6.07, 6.45) is 10.9. The summed E-state index contributed by atoms with van der Waals surface area (Å²) in [4.78, 5) is 12.7. The van der Waals surface area contributed by atoms with Crippen LogP contribution < -0.4 is 11.1 Å². The van der Waals surface area contributed by atoms with Gasteiger partial charge in [-0.15, -0.1) is 0 Å². The van der Waals surface area contributed by atoms with Gasteiger partial charge in [-0.1, -0.05) is 44.8 Å². The lowest BCUT2D eigenvalue weighted by atomic mass is 9.77. The van der Waals surface area contributed by atoms with Crippen LogP contribution in [0.15, 0.2) is 0 Å². The highest BCUT2D eigenvalue weighted by molar-refractivity contribution is 7.80. The SMILES string of the molecule is CC1CCC(NC(=O)CCC2CCCC2)(C(N)=S)CC1. The summed E-state index contributed by atoms with van der Waals surface area (Å²) in [6.45, 7) is 2.26. The third-order valence-corrected chi connectivity index (χ3v) is 5.62. The molecule has 2 fully saturated rings. The molecule has 2 rings (SSSR count). The summed E-state index contributed by atoms with van der Waals surface area (Å²) in [7, 11) is 0. The van der Waals surface area contributed by atoms with E-state index in [0.29, 0.717) is 17.3 Å². The van der Waals surface area contributed by atoms with Crippen LogP contribution in [0.4, 0.5) is 0 Å². The second-order valence-corrected chi connectivity index (χ2v) is 7.31. The third-order valence-electron chi connectivity index (χ3n) is 5.23. The Morgan fingerprint density at radius 1 is 1.25 bits per heavy atom. The van der Waals surface area contributed by atoms with E-state index in [-0.39, 0.29) is 5.91 Å². The molecule has 0 aromatic heterocycles. The number of amides is 1. The monoisotopic (exact) mass is 296 g/mol. The highest BCUT2D eigenvalue weighted by Gasteiger charge is 2.38. The molecule has 3 N–H and O–H groups in total. The second kappa shape index (κ2) is 6.88. The van der Waals surface area contributed by atoms with Gasteiger partial charge >= 0.3 is 0 Å². The van der Waals surface area contributed by atoms with Crippen molar-refractivity contribution >= 4 is 23.1 Å². The summed E-state index contributed by atoms with van der Waals surface area (Å²) in [5.41, 5.74) is 5.52. The maximum absolute atomic E-state index is 12.2. The summed E-state index contributed by atoms with van der Waals surface area (Å²) in [5, 5.41) is 3.17. The molecule has 2 aliphatic carbocycles. The normalized spacial score (nSPS) is 31.1. The molecule has 0 atom stereocenters. The van der Waals surface area contributed by atoms with E-state index in [2.05, 4.69) is 12.2 Å². The standard InChI is InChI=1S/C16H28N2OS/c1-12-8-10-16(11-9-12,15(17)20)18-14(19)7-6-13-4-2-3-5-13/h12-13H,2-11H2,1H3,(H2,17,20)(H,18,19). The Kier molecular flexibility index (Phi) is 5.42. The average Bonchev–Trinajstić information content (AvgIpc) is 2.92. The Labute approximate surface area is 128 Å². The Balaban J connectivity index is 1.84. The predicted molar refractivity (Wildman–Crippen MR) is 86.5 cm³/mol. The molecule has 0 bridgehead atoms. The molecule has 0 aliphatic heterocycles. The minimum Gasteiger partial charge on any atom is -0.391 e. The van der Waals surface area contributed by atoms with Gasteiger partial charge in [0.1, 0.15) is 0 Å². The van der Waals surface area contributed by atoms with Crippen LogP contribution in [0, 0.1) is 11.8 Å². The van der Waals surface area contributed by atoms with Gasteiger partial charge in [0, 0.05) is 6.42 Å². The van der Waals surface area contributed by atoms with Crippen molar-refractivity contribution in [1.82, 2.24) is 5.32 Å². The van der Waals surface area contributed by atoms with E-state index in [9.17, 15) is 4.79 Å². The highest BCUT2D eigenvalue weighted by atomic mass is 32.1. The van der Waals surface area contributed by atoms with Crippen LogP contribution in [0.5, 0.6) is 0 Å². The van der Waals surface area contributed by atoms with E-state index in [4.69, 9.17) is 18.0 Å². The first kappa shape index (κ1) is 15.7. The molecule has 4 heteroatoms. The highest BCUT2D eigenvalue weighted by Crippen LogP contribution is 2.33. The molecule has 114 valence electrons. The van der Waals surface area contributed by atoms with Gasteiger partial charge in [-0.2, -0.15) is 0 Å². The van der Waals surface area contributed by atoms with E-state index >= 15 is 0 Å². The smallest absolute Gasteiger partial charge is 0.220 e. The van der Waals surface area contributed by atoms with E-state index in [0.717, 1.165) is 38.0 Å². The lowest BCUT2D eigenvalue weighted by Gasteiger charge is -2.39. The van der Waals surface area contributed by atoms with Crippen molar-refractivity contribution in [3.8, 4) is 0 Å². The summed E-state index contributed by atoms with van der Waals surface area (Å²) >= 11 is 5.24. The number of nitrogens with two attached hydrogens (primary N) is 1. The molecule has 1 amide bonds. The number of carbonyl (C=O) groups is 1. The van der Waals surface area contributed by atoms with Crippen molar-refractivity contribution in [2.24, 2.45) is 17.6 Å². The van der Waals surface area contributed by atoms with Gasteiger partial charge in [0.2, 0.25) is 5.91 Å². The maximum Gasteiger partial charge on any atom is 0.220 e. The quantitative estimate of drug-likeness (QED) is 0.765. The van der Waals surface area contributed by atoms with Crippen LogP contribution in [-0.4, -0.2) is 16.4 Å². The Hall–Kier alpha value is -0.640. The van der Waals surface area contributed by atoms with Crippen molar-refractivity contribution in [2.45, 2.75) is 76.7 Å². The molecule has 3 nitrogen and oxygen atoms in total. The minimum atomic E-state index is -0.408. The second-order valence-electron chi connectivity index (χ2n) is 6.87. The van der Waals surface area contributed by atoms with Crippen LogP contribution in [0.25, 0.3) is 0 Å². The van der Waals surface area contributed by atoms with E-state index in [1.165, 1.54) is 25.7 Å². The molecule has 0 radical (unpaired) electrons. The zero-order valence-corrected chi connectivity index (χ0v) is 13.4. The van der Waals surface area contributed by atoms with E-state index in [1.807, 2.05) is 0 Å². The lowest BCUT2D eigenvalue weighted by molar-refractivity contribution is -0.123. The Morgan fingerprint density at radius 3 is 2.40 bits per heavy atom. The molecule has 0 aromatic rings. The van der Waals surface area contributed by atoms with E-state index < -0.39 is 5.54 Å². The molecule has 0 heterocycles. The molecule has 2 aliphatic rings. The first-order valence-corrected chi connectivity index (χ1v) is 8.53. The van der Waals surface area contributed by atoms with Gasteiger partial charge in [-0.3, -0.25) is 4.79 Å². The van der Waals surface area contributed by atoms with Gasteiger partial charge in [0.15, 0.2) is 0 Å². The largest absolute Gasteiger partial charge is 0.391 e. The van der Waals surface area contributed by atoms with E-state index in [1.54, 1.807) is 0 Å². The summed E-state index contributed by atoms with van der Waals surface area (Å²) < 4.78 is 0. The predicted octanol–water partition coefficient (Wildman–Crippen LogP) is 3.31. The molecule has 2 saturated carbocycles. The number of carbonyl (C=O) groups excluding carboxylic acids is 1. The molecule has 0 saturated heterocycles. The molecule has 0 aromatic carbocycles. The van der Waals surface area contributed by atoms with Crippen molar-refractivity contribution in [1.29, 1.82) is 0 Å². The first-order valence-electron chi connectivity index (χ1n) is 8.13. The third kappa shape index (κ3) is 3.94. The van der Waals surface area contributed by atoms with Gasteiger partial charge in [0.25, 0.3) is 0 Å². The van der Waals surface area contributed by atoms with Crippen LogP contribution in [-0.2, 0) is 4.79 Å². The van der Waals surface area contributed by atoms with Crippen molar-refractivity contribution in [2.75, 3.05) is 0 Å². The first-order chi connectivity index (χ1) is 9.52. The summed E-state index contributed by atoms with van der Waals surface area (Å²) in [5.74, 6) is 1.61. The molecular formula is C16H28N2OS. The topological polar surface area (TPSA) is 55.1 Å². The van der Waals surface area contributed by atoms with Crippen LogP contribution in [0.3, 0.4) is 0 Å². The number of hydrogen-bond donors (Lipinski definition) is 2.